The van der Waals surface area contributed by atoms with Gasteiger partial charge in [-0.2, -0.15) is 0 Å². The van der Waals surface area contributed by atoms with Crippen LogP contribution in [0.3, 0.4) is 0 Å². The van der Waals surface area contributed by atoms with Crippen LogP contribution in [0.1, 0.15) is 11.4 Å². The summed E-state index contributed by atoms with van der Waals surface area (Å²) in [5, 5.41) is 10.0. The van der Waals surface area contributed by atoms with Crippen LogP contribution in [-0.2, 0) is 19.4 Å². The molecule has 0 saturated heterocycles. The highest BCUT2D eigenvalue weighted by atomic mass is 35.5. The van der Waals surface area contributed by atoms with Crippen molar-refractivity contribution < 1.29 is 9.13 Å². The monoisotopic (exact) mass is 397 g/mol. The zero-order valence-electron chi connectivity index (χ0n) is 13.2. The molecule has 0 fully saturated rings. The smallest absolute Gasteiger partial charge is 0.191 e. The van der Waals surface area contributed by atoms with Gasteiger partial charge in [-0.1, -0.05) is 47.1 Å². The van der Waals surface area contributed by atoms with Crippen molar-refractivity contribution in [2.24, 2.45) is 7.05 Å². The zero-order valence-corrected chi connectivity index (χ0v) is 15.6. The quantitative estimate of drug-likeness (QED) is 0.540. The molecule has 0 N–H and O–H groups in total. The first-order valence-corrected chi connectivity index (χ1v) is 9.10. The van der Waals surface area contributed by atoms with Gasteiger partial charge in [0.05, 0.1) is 5.02 Å². The minimum Gasteiger partial charge on any atom is -0.484 e. The van der Waals surface area contributed by atoms with Gasteiger partial charge >= 0.3 is 0 Å². The molecular formula is C17H14Cl2FN3OS. The highest BCUT2D eigenvalue weighted by Crippen LogP contribution is 2.26. The Morgan fingerprint density at radius 3 is 2.60 bits per heavy atom. The molecule has 4 nitrogen and oxygen atoms in total. The number of hydrogen-bond donors (Lipinski definition) is 0. The Morgan fingerprint density at radius 1 is 1.12 bits per heavy atom. The van der Waals surface area contributed by atoms with Gasteiger partial charge in [0.25, 0.3) is 0 Å². The molecule has 1 aromatic heterocycles. The van der Waals surface area contributed by atoms with Crippen molar-refractivity contribution in [2.45, 2.75) is 17.5 Å². The topological polar surface area (TPSA) is 39.9 Å². The predicted octanol–water partition coefficient (Wildman–Crippen LogP) is 5.13. The van der Waals surface area contributed by atoms with Crippen LogP contribution in [0.2, 0.25) is 10.0 Å². The largest absolute Gasteiger partial charge is 0.484 e. The average molecular weight is 398 g/mol. The van der Waals surface area contributed by atoms with Crippen molar-refractivity contribution in [3.05, 3.63) is 69.7 Å². The Labute approximate surface area is 158 Å². The molecular weight excluding hydrogens is 384 g/mol. The van der Waals surface area contributed by atoms with E-state index in [0.717, 1.165) is 16.5 Å². The standard InChI is InChI=1S/C17H14Cl2FN3OS/c1-23-16(9-24-15-7-6-13(20)8-14(15)19)21-22-17(23)25-10-11-2-4-12(18)5-3-11/h2-8H,9-10H2,1H3. The van der Waals surface area contributed by atoms with E-state index in [1.54, 1.807) is 11.8 Å². The van der Waals surface area contributed by atoms with Crippen LogP contribution in [-0.4, -0.2) is 14.8 Å². The fourth-order valence-electron chi connectivity index (χ4n) is 2.06. The lowest BCUT2D eigenvalue weighted by Gasteiger charge is -2.08. The number of nitrogens with zero attached hydrogens (tertiary/aromatic N) is 3. The minimum absolute atomic E-state index is 0.191. The van der Waals surface area contributed by atoms with E-state index in [2.05, 4.69) is 10.2 Å². The van der Waals surface area contributed by atoms with E-state index in [0.29, 0.717) is 16.6 Å². The fraction of sp³-hybridized carbons (Fsp3) is 0.176. The Kier molecular flexibility index (Phi) is 5.83. The van der Waals surface area contributed by atoms with E-state index in [-0.39, 0.29) is 11.6 Å². The average Bonchev–Trinajstić information content (AvgIpc) is 2.94. The molecule has 0 amide bonds. The van der Waals surface area contributed by atoms with Crippen LogP contribution >= 0.6 is 35.0 Å². The summed E-state index contributed by atoms with van der Waals surface area (Å²) in [5.74, 6) is 1.41. The fourth-order valence-corrected chi connectivity index (χ4v) is 3.29. The lowest BCUT2D eigenvalue weighted by molar-refractivity contribution is 0.290. The van der Waals surface area contributed by atoms with Crippen LogP contribution in [0, 0.1) is 5.82 Å². The summed E-state index contributed by atoms with van der Waals surface area (Å²) in [7, 11) is 1.87. The highest BCUT2D eigenvalue weighted by molar-refractivity contribution is 7.98. The van der Waals surface area contributed by atoms with Gasteiger partial charge in [-0.05, 0) is 35.9 Å². The van der Waals surface area contributed by atoms with E-state index in [4.69, 9.17) is 27.9 Å². The summed E-state index contributed by atoms with van der Waals surface area (Å²) < 4.78 is 20.5. The third kappa shape index (κ3) is 4.66. The van der Waals surface area contributed by atoms with E-state index in [1.807, 2.05) is 35.9 Å². The third-order valence-corrected chi connectivity index (χ3v) is 5.10. The Balaban J connectivity index is 1.61. The summed E-state index contributed by atoms with van der Waals surface area (Å²) in [6.07, 6.45) is 0. The van der Waals surface area contributed by atoms with Gasteiger partial charge in [-0.15, -0.1) is 10.2 Å². The first kappa shape index (κ1) is 18.0. The van der Waals surface area contributed by atoms with Gasteiger partial charge in [0.2, 0.25) is 0 Å². The van der Waals surface area contributed by atoms with Gasteiger partial charge in [0.15, 0.2) is 11.0 Å². The maximum Gasteiger partial charge on any atom is 0.191 e. The van der Waals surface area contributed by atoms with Crippen molar-refractivity contribution in [3.8, 4) is 5.75 Å². The third-order valence-electron chi connectivity index (χ3n) is 3.46. The molecule has 0 saturated carbocycles. The molecule has 8 heteroatoms. The SMILES string of the molecule is Cn1c(COc2ccc(F)cc2Cl)nnc1SCc1ccc(Cl)cc1. The number of aromatic nitrogens is 3. The number of rotatable bonds is 6. The molecule has 0 unspecified atom stereocenters. The van der Waals surface area contributed by atoms with Crippen molar-refractivity contribution in [3.63, 3.8) is 0 Å². The molecule has 25 heavy (non-hydrogen) atoms. The van der Waals surface area contributed by atoms with E-state index < -0.39 is 5.82 Å². The van der Waals surface area contributed by atoms with Gasteiger partial charge in [-0.3, -0.25) is 0 Å². The van der Waals surface area contributed by atoms with Gasteiger partial charge in [-0.25, -0.2) is 4.39 Å². The zero-order chi connectivity index (χ0) is 17.8. The van der Waals surface area contributed by atoms with Crippen molar-refractivity contribution in [2.75, 3.05) is 0 Å². The number of benzene rings is 2. The number of ether oxygens (including phenoxy) is 1. The summed E-state index contributed by atoms with van der Waals surface area (Å²) in [5.41, 5.74) is 1.15. The number of thioether (sulfide) groups is 1. The first-order chi connectivity index (χ1) is 12.0. The summed E-state index contributed by atoms with van der Waals surface area (Å²) in [6, 6.07) is 11.7. The molecule has 2 aromatic carbocycles. The lowest BCUT2D eigenvalue weighted by Crippen LogP contribution is -2.04. The minimum atomic E-state index is -0.406. The molecule has 0 atom stereocenters. The molecule has 3 rings (SSSR count). The molecule has 0 radical (unpaired) electrons. The van der Waals surface area contributed by atoms with Crippen molar-refractivity contribution >= 4 is 35.0 Å². The summed E-state index contributed by atoms with van der Waals surface area (Å²) in [6.45, 7) is 0.191. The second-order valence-electron chi connectivity index (χ2n) is 5.24. The number of halogens is 3. The van der Waals surface area contributed by atoms with Gasteiger partial charge < -0.3 is 9.30 Å². The van der Waals surface area contributed by atoms with Gasteiger partial charge in [0.1, 0.15) is 18.2 Å². The maximum atomic E-state index is 13.0. The van der Waals surface area contributed by atoms with Gasteiger partial charge in [0, 0.05) is 17.8 Å². The van der Waals surface area contributed by atoms with Crippen molar-refractivity contribution in [1.82, 2.24) is 14.8 Å². The number of hydrogen-bond acceptors (Lipinski definition) is 4. The molecule has 0 bridgehead atoms. The lowest BCUT2D eigenvalue weighted by atomic mass is 10.2. The van der Waals surface area contributed by atoms with Crippen LogP contribution in [0.15, 0.2) is 47.6 Å². The van der Waals surface area contributed by atoms with Crippen molar-refractivity contribution in [1.29, 1.82) is 0 Å². The van der Waals surface area contributed by atoms with E-state index in [1.165, 1.54) is 18.2 Å². The predicted molar refractivity (Wildman–Crippen MR) is 97.8 cm³/mol. The second kappa shape index (κ2) is 8.08. The van der Waals surface area contributed by atoms with Crippen LogP contribution in [0.5, 0.6) is 5.75 Å². The first-order valence-electron chi connectivity index (χ1n) is 7.36. The molecule has 0 aliphatic rings. The second-order valence-corrected chi connectivity index (χ2v) is 7.02. The van der Waals surface area contributed by atoms with Crippen LogP contribution in [0.4, 0.5) is 4.39 Å². The molecule has 0 aliphatic carbocycles. The molecule has 130 valence electrons. The highest BCUT2D eigenvalue weighted by Gasteiger charge is 2.11. The van der Waals surface area contributed by atoms with Crippen LogP contribution < -0.4 is 4.74 Å². The molecule has 1 heterocycles. The normalized spacial score (nSPS) is 10.9. The Bertz CT molecular complexity index is 871. The molecule has 3 aromatic rings. The maximum absolute atomic E-state index is 13.0. The molecule has 0 aliphatic heterocycles. The Morgan fingerprint density at radius 2 is 1.88 bits per heavy atom. The van der Waals surface area contributed by atoms with E-state index >= 15 is 0 Å². The van der Waals surface area contributed by atoms with E-state index in [9.17, 15) is 4.39 Å². The molecule has 0 spiro atoms. The summed E-state index contributed by atoms with van der Waals surface area (Å²) in [4.78, 5) is 0. The summed E-state index contributed by atoms with van der Waals surface area (Å²) >= 11 is 13.4. The van der Waals surface area contributed by atoms with Crippen LogP contribution in [0.25, 0.3) is 0 Å². The Hall–Kier alpha value is -1.76.